The Labute approximate surface area is 186 Å². The molecular weight excluding hydrogens is 390 g/mol. The minimum absolute atomic E-state index is 0. The summed E-state index contributed by atoms with van der Waals surface area (Å²) in [6.07, 6.45) is 9.37. The van der Waals surface area contributed by atoms with Crippen molar-refractivity contribution in [3.05, 3.63) is 47.8 Å². The molecule has 1 aliphatic carbocycles. The Morgan fingerprint density at radius 3 is 2.65 bits per heavy atom. The number of pyridine rings is 2. The molecule has 168 valence electrons. The van der Waals surface area contributed by atoms with Gasteiger partial charge in [-0.25, -0.2) is 9.97 Å². The van der Waals surface area contributed by atoms with E-state index in [1.807, 2.05) is 17.0 Å². The molecule has 4 rings (SSSR count). The Morgan fingerprint density at radius 2 is 1.84 bits per heavy atom. The zero-order valence-corrected chi connectivity index (χ0v) is 18.0. The summed E-state index contributed by atoms with van der Waals surface area (Å²) in [6, 6.07) is 8.83. The summed E-state index contributed by atoms with van der Waals surface area (Å²) in [4.78, 5) is 38.5. The van der Waals surface area contributed by atoms with Gasteiger partial charge in [0.25, 0.3) is 0 Å². The predicted molar refractivity (Wildman–Crippen MR) is 125 cm³/mol. The van der Waals surface area contributed by atoms with Crippen LogP contribution in [0.5, 0.6) is 0 Å². The van der Waals surface area contributed by atoms with E-state index < -0.39 is 0 Å². The number of ketones is 1. The van der Waals surface area contributed by atoms with Crippen LogP contribution in [0.25, 0.3) is 0 Å². The summed E-state index contributed by atoms with van der Waals surface area (Å²) in [5.41, 5.74) is 6.58. The number of amides is 1. The Balaban J connectivity index is 0.00000193. The van der Waals surface area contributed by atoms with E-state index in [1.165, 1.54) is 32.1 Å². The first-order valence-corrected chi connectivity index (χ1v) is 11.4. The molecule has 0 spiro atoms. The van der Waals surface area contributed by atoms with Crippen LogP contribution in [0.2, 0.25) is 0 Å². The fourth-order valence-corrected chi connectivity index (χ4v) is 4.64. The maximum atomic E-state index is 12.8. The van der Waals surface area contributed by atoms with Crippen LogP contribution in [-0.2, 0) is 4.79 Å². The molecular formula is C24H35N5O2. The van der Waals surface area contributed by atoms with Crippen molar-refractivity contribution >= 4 is 23.3 Å². The number of hydrogen-bond donors (Lipinski definition) is 1. The van der Waals surface area contributed by atoms with Crippen LogP contribution in [0.15, 0.2) is 36.5 Å². The number of nitrogen functional groups attached to an aromatic ring is 1. The van der Waals surface area contributed by atoms with Gasteiger partial charge in [0.1, 0.15) is 17.3 Å². The van der Waals surface area contributed by atoms with Crippen molar-refractivity contribution in [2.24, 2.45) is 5.92 Å². The van der Waals surface area contributed by atoms with Crippen molar-refractivity contribution in [2.75, 3.05) is 36.8 Å². The van der Waals surface area contributed by atoms with Crippen LogP contribution >= 0.6 is 0 Å². The third-order valence-corrected chi connectivity index (χ3v) is 6.41. The molecule has 1 saturated carbocycles. The van der Waals surface area contributed by atoms with Crippen LogP contribution in [0.4, 0.5) is 11.6 Å². The summed E-state index contributed by atoms with van der Waals surface area (Å²) in [5, 5.41) is 0. The molecule has 0 aromatic carbocycles. The number of aromatic nitrogens is 2. The molecule has 0 bridgehead atoms. The molecule has 31 heavy (non-hydrogen) atoms. The molecule has 2 aliphatic rings. The molecule has 2 N–H and O–H groups in total. The number of hydrogen-bond acceptors (Lipinski definition) is 6. The molecule has 3 heterocycles. The highest BCUT2D eigenvalue weighted by atomic mass is 16.2. The summed E-state index contributed by atoms with van der Waals surface area (Å²) in [7, 11) is 0. The first kappa shape index (κ1) is 21.3. The highest BCUT2D eigenvalue weighted by Crippen LogP contribution is 2.27. The molecule has 1 saturated heterocycles. The minimum Gasteiger partial charge on any atom is -0.383 e. The van der Waals surface area contributed by atoms with Gasteiger partial charge in [-0.2, -0.15) is 0 Å². The van der Waals surface area contributed by atoms with Crippen LogP contribution in [0.3, 0.4) is 0 Å². The van der Waals surface area contributed by atoms with E-state index in [0.29, 0.717) is 30.1 Å². The van der Waals surface area contributed by atoms with Crippen molar-refractivity contribution in [3.8, 4) is 0 Å². The summed E-state index contributed by atoms with van der Waals surface area (Å²) in [5.74, 6) is 1.59. The lowest BCUT2D eigenvalue weighted by atomic mass is 9.86. The number of rotatable bonds is 5. The lowest BCUT2D eigenvalue weighted by Crippen LogP contribution is -2.36. The third kappa shape index (κ3) is 5.21. The van der Waals surface area contributed by atoms with E-state index in [2.05, 4.69) is 14.9 Å². The largest absolute Gasteiger partial charge is 0.383 e. The number of carbonyl (C=O) groups excluding carboxylic acids is 2. The standard InChI is InChI=1S/C24H31N5O2.2H2/c25-24-19(9-5-12-26-24)23(31)20-10-4-11-21(27-20)28-13-6-14-29(16-15-28)22(30)17-18-7-2-1-3-8-18;;/h4-5,9-12,18H,1-3,6-8,13-17H2,(H2,25,26);2*1H. The lowest BCUT2D eigenvalue weighted by Gasteiger charge is -2.26. The molecule has 7 nitrogen and oxygen atoms in total. The second-order valence-electron chi connectivity index (χ2n) is 8.58. The average Bonchev–Trinajstić information content (AvgIpc) is 3.06. The van der Waals surface area contributed by atoms with Crippen LogP contribution < -0.4 is 10.6 Å². The SMILES string of the molecule is Nc1ncccc1C(=O)c1cccc(N2CCCN(C(=O)CC3CCCCC3)CC2)n1.[HH].[HH]. The average molecular weight is 426 g/mol. The van der Waals surface area contributed by atoms with Gasteiger partial charge >= 0.3 is 0 Å². The van der Waals surface area contributed by atoms with Crippen LogP contribution in [0, 0.1) is 5.92 Å². The van der Waals surface area contributed by atoms with Crippen molar-refractivity contribution < 1.29 is 12.4 Å². The number of carbonyl (C=O) groups is 2. The molecule has 2 fully saturated rings. The van der Waals surface area contributed by atoms with Gasteiger partial charge in [0.2, 0.25) is 11.7 Å². The zero-order valence-electron chi connectivity index (χ0n) is 18.0. The lowest BCUT2D eigenvalue weighted by molar-refractivity contribution is -0.132. The van der Waals surface area contributed by atoms with E-state index in [9.17, 15) is 9.59 Å². The maximum absolute atomic E-state index is 12.8. The van der Waals surface area contributed by atoms with E-state index in [0.717, 1.165) is 31.9 Å². The third-order valence-electron chi connectivity index (χ3n) is 6.41. The first-order chi connectivity index (χ1) is 15.1. The van der Waals surface area contributed by atoms with Gasteiger partial charge in [-0.1, -0.05) is 25.3 Å². The van der Waals surface area contributed by atoms with Crippen LogP contribution in [-0.4, -0.2) is 52.7 Å². The molecule has 2 aromatic rings. The van der Waals surface area contributed by atoms with Crippen molar-refractivity contribution in [2.45, 2.75) is 44.9 Å². The second-order valence-corrected chi connectivity index (χ2v) is 8.58. The fraction of sp³-hybridized carbons (Fsp3) is 0.500. The first-order valence-electron chi connectivity index (χ1n) is 11.4. The fourth-order valence-electron chi connectivity index (χ4n) is 4.64. The van der Waals surface area contributed by atoms with Gasteiger partial charge in [0, 0.05) is 41.6 Å². The number of anilines is 2. The Bertz CT molecular complexity index is 937. The molecule has 2 aromatic heterocycles. The van der Waals surface area contributed by atoms with Crippen LogP contribution in [0.1, 0.15) is 63.9 Å². The Kier molecular flexibility index (Phi) is 6.79. The zero-order chi connectivity index (χ0) is 21.6. The maximum Gasteiger partial charge on any atom is 0.222 e. The minimum atomic E-state index is -0.230. The van der Waals surface area contributed by atoms with Crippen molar-refractivity contribution in [1.82, 2.24) is 14.9 Å². The van der Waals surface area contributed by atoms with E-state index in [-0.39, 0.29) is 20.4 Å². The van der Waals surface area contributed by atoms with E-state index >= 15 is 0 Å². The van der Waals surface area contributed by atoms with E-state index in [4.69, 9.17) is 5.73 Å². The van der Waals surface area contributed by atoms with Gasteiger partial charge in [-0.15, -0.1) is 0 Å². The Morgan fingerprint density at radius 1 is 1.00 bits per heavy atom. The Hall–Kier alpha value is -2.96. The molecule has 0 radical (unpaired) electrons. The van der Waals surface area contributed by atoms with Gasteiger partial charge in [0.05, 0.1) is 5.56 Å². The highest BCUT2D eigenvalue weighted by molar-refractivity contribution is 6.10. The van der Waals surface area contributed by atoms with Gasteiger partial charge in [-0.3, -0.25) is 9.59 Å². The number of nitrogens with zero attached hydrogens (tertiary/aromatic N) is 4. The summed E-state index contributed by atoms with van der Waals surface area (Å²) in [6.45, 7) is 3.01. The van der Waals surface area contributed by atoms with E-state index in [1.54, 1.807) is 24.4 Å². The second kappa shape index (κ2) is 9.90. The number of nitrogens with two attached hydrogens (primary N) is 1. The summed E-state index contributed by atoms with van der Waals surface area (Å²) >= 11 is 0. The molecule has 0 unspecified atom stereocenters. The summed E-state index contributed by atoms with van der Waals surface area (Å²) < 4.78 is 0. The van der Waals surface area contributed by atoms with Crippen molar-refractivity contribution in [1.29, 1.82) is 0 Å². The van der Waals surface area contributed by atoms with Gasteiger partial charge in [0.15, 0.2) is 0 Å². The molecule has 7 heteroatoms. The predicted octanol–water partition coefficient (Wildman–Crippen LogP) is 3.79. The smallest absolute Gasteiger partial charge is 0.222 e. The quantitative estimate of drug-likeness (QED) is 0.733. The van der Waals surface area contributed by atoms with Gasteiger partial charge in [-0.05, 0) is 49.4 Å². The monoisotopic (exact) mass is 425 g/mol. The topological polar surface area (TPSA) is 92.4 Å². The highest BCUT2D eigenvalue weighted by Gasteiger charge is 2.24. The molecule has 1 aliphatic heterocycles. The normalized spacial score (nSPS) is 17.9. The van der Waals surface area contributed by atoms with Gasteiger partial charge < -0.3 is 15.5 Å². The van der Waals surface area contributed by atoms with Crippen molar-refractivity contribution in [3.63, 3.8) is 0 Å². The molecule has 1 amide bonds. The molecule has 0 atom stereocenters.